The van der Waals surface area contributed by atoms with Crippen molar-refractivity contribution in [3.63, 3.8) is 0 Å². The molecule has 0 aromatic carbocycles. The highest BCUT2D eigenvalue weighted by Crippen LogP contribution is 2.16. The molecule has 4 nitrogen and oxygen atoms in total. The Labute approximate surface area is 96.3 Å². The van der Waals surface area contributed by atoms with Crippen LogP contribution in [-0.2, 0) is 11.3 Å². The van der Waals surface area contributed by atoms with Crippen molar-refractivity contribution in [1.29, 1.82) is 0 Å². The van der Waals surface area contributed by atoms with Crippen LogP contribution in [0.2, 0.25) is 0 Å². The van der Waals surface area contributed by atoms with Gasteiger partial charge in [-0.2, -0.15) is 0 Å². The van der Waals surface area contributed by atoms with Crippen LogP contribution in [0.4, 0.5) is 0 Å². The first-order chi connectivity index (χ1) is 7.75. The molecule has 0 bridgehead atoms. The van der Waals surface area contributed by atoms with E-state index in [4.69, 9.17) is 0 Å². The fourth-order valence-corrected chi connectivity index (χ4v) is 2.06. The third kappa shape index (κ3) is 2.84. The van der Waals surface area contributed by atoms with Gasteiger partial charge in [0.25, 0.3) is 0 Å². The summed E-state index contributed by atoms with van der Waals surface area (Å²) >= 11 is 0. The minimum Gasteiger partial charge on any atom is -0.343 e. The Hall–Kier alpha value is -1.32. The van der Waals surface area contributed by atoms with Crippen molar-refractivity contribution in [2.75, 3.05) is 13.1 Å². The van der Waals surface area contributed by atoms with E-state index in [-0.39, 0.29) is 5.91 Å². The summed E-state index contributed by atoms with van der Waals surface area (Å²) in [4.78, 5) is 17.8. The molecule has 0 unspecified atom stereocenters. The molecule has 1 amide bonds. The number of aromatic nitrogens is 2. The number of rotatable bonds is 3. The molecule has 0 aliphatic carbocycles. The second-order valence-corrected chi connectivity index (χ2v) is 4.61. The van der Waals surface area contributed by atoms with Crippen molar-refractivity contribution in [2.45, 2.75) is 32.7 Å². The van der Waals surface area contributed by atoms with Gasteiger partial charge in [0.15, 0.2) is 0 Å². The Morgan fingerprint density at radius 3 is 2.81 bits per heavy atom. The van der Waals surface area contributed by atoms with Crippen LogP contribution < -0.4 is 0 Å². The Morgan fingerprint density at radius 1 is 1.44 bits per heavy atom. The first-order valence-corrected chi connectivity index (χ1v) is 5.99. The minimum atomic E-state index is 0.278. The van der Waals surface area contributed by atoms with E-state index >= 15 is 0 Å². The highest BCUT2D eigenvalue weighted by atomic mass is 16.2. The number of likely N-dealkylation sites (tertiary alicyclic amines) is 1. The molecule has 0 N–H and O–H groups in total. The number of hydrogen-bond donors (Lipinski definition) is 0. The lowest BCUT2D eigenvalue weighted by molar-refractivity contribution is -0.132. The van der Waals surface area contributed by atoms with Crippen LogP contribution in [0.5, 0.6) is 0 Å². The van der Waals surface area contributed by atoms with Crippen molar-refractivity contribution < 1.29 is 4.79 Å². The van der Waals surface area contributed by atoms with Gasteiger partial charge in [0, 0.05) is 38.4 Å². The van der Waals surface area contributed by atoms with Crippen LogP contribution in [0.3, 0.4) is 0 Å². The molecule has 2 rings (SSSR count). The Bertz CT molecular complexity index is 326. The van der Waals surface area contributed by atoms with Gasteiger partial charge >= 0.3 is 0 Å². The van der Waals surface area contributed by atoms with E-state index < -0.39 is 0 Å². The molecule has 4 heteroatoms. The summed E-state index contributed by atoms with van der Waals surface area (Å²) in [6, 6.07) is 0. The van der Waals surface area contributed by atoms with Gasteiger partial charge < -0.3 is 9.47 Å². The predicted molar refractivity (Wildman–Crippen MR) is 61.8 cm³/mol. The normalized spacial score (nSPS) is 17.7. The number of amides is 1. The van der Waals surface area contributed by atoms with Gasteiger partial charge in [-0.3, -0.25) is 4.79 Å². The van der Waals surface area contributed by atoms with Crippen molar-refractivity contribution in [3.8, 4) is 0 Å². The van der Waals surface area contributed by atoms with Crippen LogP contribution >= 0.6 is 0 Å². The maximum atomic E-state index is 11.9. The zero-order chi connectivity index (χ0) is 11.4. The van der Waals surface area contributed by atoms with Gasteiger partial charge in [-0.1, -0.05) is 6.92 Å². The predicted octanol–water partition coefficient (Wildman–Crippen LogP) is 1.53. The number of aryl methyl sites for hydroxylation is 1. The van der Waals surface area contributed by atoms with Crippen molar-refractivity contribution >= 4 is 5.91 Å². The highest BCUT2D eigenvalue weighted by molar-refractivity contribution is 5.76. The standard InChI is InChI=1S/C12H19N3O/c1-11-2-7-15(8-3-11)12(16)4-6-14-9-5-13-10-14/h5,9-11H,2-4,6-8H2,1H3. The Morgan fingerprint density at radius 2 is 2.19 bits per heavy atom. The van der Waals surface area contributed by atoms with Gasteiger partial charge in [-0.05, 0) is 18.8 Å². The molecule has 0 atom stereocenters. The molecule has 0 spiro atoms. The topological polar surface area (TPSA) is 38.1 Å². The summed E-state index contributed by atoms with van der Waals surface area (Å²) in [5.74, 6) is 1.05. The van der Waals surface area contributed by atoms with Crippen LogP contribution in [0, 0.1) is 5.92 Å². The van der Waals surface area contributed by atoms with E-state index in [1.54, 1.807) is 12.5 Å². The fraction of sp³-hybridized carbons (Fsp3) is 0.667. The number of piperidine rings is 1. The minimum absolute atomic E-state index is 0.278. The summed E-state index contributed by atoms with van der Waals surface area (Å²) in [5.41, 5.74) is 0. The van der Waals surface area contributed by atoms with Crippen molar-refractivity contribution in [2.24, 2.45) is 5.92 Å². The Balaban J connectivity index is 1.75. The number of carbonyl (C=O) groups is 1. The molecule has 1 fully saturated rings. The number of hydrogen-bond acceptors (Lipinski definition) is 2. The lowest BCUT2D eigenvalue weighted by atomic mass is 9.99. The molecule has 0 radical (unpaired) electrons. The third-order valence-electron chi connectivity index (χ3n) is 3.28. The van der Waals surface area contributed by atoms with Crippen molar-refractivity contribution in [1.82, 2.24) is 14.5 Å². The zero-order valence-electron chi connectivity index (χ0n) is 9.80. The molecule has 1 aliphatic rings. The van der Waals surface area contributed by atoms with Crippen LogP contribution in [0.15, 0.2) is 18.7 Å². The van der Waals surface area contributed by atoms with Crippen LogP contribution in [0.25, 0.3) is 0 Å². The second-order valence-electron chi connectivity index (χ2n) is 4.61. The number of imidazole rings is 1. The van der Waals surface area contributed by atoms with E-state index in [0.717, 1.165) is 38.4 Å². The summed E-state index contributed by atoms with van der Waals surface area (Å²) in [6.07, 6.45) is 8.28. The first kappa shape index (κ1) is 11.2. The first-order valence-electron chi connectivity index (χ1n) is 5.99. The summed E-state index contributed by atoms with van der Waals surface area (Å²) in [6.45, 7) is 4.87. The lowest BCUT2D eigenvalue weighted by Crippen LogP contribution is -2.38. The fourth-order valence-electron chi connectivity index (χ4n) is 2.06. The molecule has 1 saturated heterocycles. The molecule has 1 aromatic heterocycles. The summed E-state index contributed by atoms with van der Waals surface area (Å²) in [7, 11) is 0. The Kier molecular flexibility index (Phi) is 3.59. The molecular weight excluding hydrogens is 202 g/mol. The van der Waals surface area contributed by atoms with Crippen LogP contribution in [-0.4, -0.2) is 33.4 Å². The van der Waals surface area contributed by atoms with Crippen molar-refractivity contribution in [3.05, 3.63) is 18.7 Å². The quantitative estimate of drug-likeness (QED) is 0.776. The lowest BCUT2D eigenvalue weighted by Gasteiger charge is -2.30. The zero-order valence-corrected chi connectivity index (χ0v) is 9.80. The summed E-state index contributed by atoms with van der Waals surface area (Å²) < 4.78 is 1.95. The number of nitrogens with zero attached hydrogens (tertiary/aromatic N) is 3. The van der Waals surface area contributed by atoms with E-state index in [2.05, 4.69) is 11.9 Å². The third-order valence-corrected chi connectivity index (χ3v) is 3.28. The molecule has 16 heavy (non-hydrogen) atoms. The van der Waals surface area contributed by atoms with Gasteiger partial charge in [0.05, 0.1) is 6.33 Å². The SMILES string of the molecule is CC1CCN(C(=O)CCn2ccnc2)CC1. The van der Waals surface area contributed by atoms with E-state index in [0.29, 0.717) is 6.42 Å². The monoisotopic (exact) mass is 221 g/mol. The largest absolute Gasteiger partial charge is 0.343 e. The highest BCUT2D eigenvalue weighted by Gasteiger charge is 2.19. The van der Waals surface area contributed by atoms with Gasteiger partial charge in [-0.25, -0.2) is 4.98 Å². The average molecular weight is 221 g/mol. The smallest absolute Gasteiger partial charge is 0.224 e. The molecule has 2 heterocycles. The van der Waals surface area contributed by atoms with E-state index in [1.807, 2.05) is 15.7 Å². The average Bonchev–Trinajstić information content (AvgIpc) is 2.80. The molecule has 0 saturated carbocycles. The second kappa shape index (κ2) is 5.14. The van der Waals surface area contributed by atoms with Gasteiger partial charge in [0.2, 0.25) is 5.91 Å². The molecular formula is C12H19N3O. The molecule has 1 aromatic rings. The van der Waals surface area contributed by atoms with Gasteiger partial charge in [0.1, 0.15) is 0 Å². The number of carbonyl (C=O) groups excluding carboxylic acids is 1. The van der Waals surface area contributed by atoms with E-state index in [9.17, 15) is 4.79 Å². The maximum absolute atomic E-state index is 11.9. The van der Waals surface area contributed by atoms with Crippen LogP contribution in [0.1, 0.15) is 26.2 Å². The maximum Gasteiger partial charge on any atom is 0.224 e. The van der Waals surface area contributed by atoms with E-state index in [1.165, 1.54) is 0 Å². The summed E-state index contributed by atoms with van der Waals surface area (Å²) in [5, 5.41) is 0. The van der Waals surface area contributed by atoms with Gasteiger partial charge in [-0.15, -0.1) is 0 Å². The molecule has 1 aliphatic heterocycles. The molecule has 88 valence electrons.